The summed E-state index contributed by atoms with van der Waals surface area (Å²) < 4.78 is 15.7. The summed E-state index contributed by atoms with van der Waals surface area (Å²) in [6, 6.07) is 4.91. The number of hydrogen-bond donors (Lipinski definition) is 2. The van der Waals surface area contributed by atoms with E-state index in [1.807, 2.05) is 0 Å². The Morgan fingerprint density at radius 2 is 2.06 bits per heavy atom. The number of hydrogen-bond acceptors (Lipinski definition) is 6. The summed E-state index contributed by atoms with van der Waals surface area (Å²) >= 11 is 0. The minimum atomic E-state index is -0.0293. The average Bonchev–Trinajstić information content (AvgIpc) is 2.77. The Hall–Kier alpha value is -2.37. The van der Waals surface area contributed by atoms with Gasteiger partial charge in [0.2, 0.25) is 5.75 Å². The smallest absolute Gasteiger partial charge is 0.204 e. The molecular formula is C11H10N2O4. The highest BCUT2D eigenvalue weighted by Gasteiger charge is 2.21. The van der Waals surface area contributed by atoms with Gasteiger partial charge in [-0.05, 0) is 12.1 Å². The van der Waals surface area contributed by atoms with Crippen molar-refractivity contribution >= 4 is 5.82 Å². The quantitative estimate of drug-likeness (QED) is 0.775. The molecule has 2 aromatic rings. The van der Waals surface area contributed by atoms with Crippen LogP contribution in [0.15, 0.2) is 22.7 Å². The van der Waals surface area contributed by atoms with Gasteiger partial charge in [0.25, 0.3) is 0 Å². The van der Waals surface area contributed by atoms with Crippen molar-refractivity contribution in [3.63, 3.8) is 0 Å². The molecule has 0 radical (unpaired) electrons. The molecule has 3 rings (SSSR count). The minimum Gasteiger partial charge on any atom is -0.504 e. The van der Waals surface area contributed by atoms with Crippen LogP contribution in [0.4, 0.5) is 5.82 Å². The van der Waals surface area contributed by atoms with E-state index in [9.17, 15) is 5.11 Å². The maximum Gasteiger partial charge on any atom is 0.204 e. The molecule has 1 aliphatic rings. The standard InChI is InChI=1S/C11H10N2O4/c12-9-5-8(17-13-9)6-1-2-7-11(10(6)14)16-4-3-15-7/h1-2,5,14H,3-4H2,(H2,12,13). The molecule has 0 unspecified atom stereocenters. The Balaban J connectivity index is 2.12. The van der Waals surface area contributed by atoms with E-state index in [0.717, 1.165) is 0 Å². The highest BCUT2D eigenvalue weighted by Crippen LogP contribution is 2.45. The van der Waals surface area contributed by atoms with Crippen molar-refractivity contribution in [1.29, 1.82) is 0 Å². The normalized spacial score (nSPS) is 13.6. The lowest BCUT2D eigenvalue weighted by molar-refractivity contribution is 0.166. The molecule has 0 amide bonds. The van der Waals surface area contributed by atoms with E-state index >= 15 is 0 Å². The SMILES string of the molecule is Nc1cc(-c2ccc3c(c2O)OCCO3)on1. The predicted molar refractivity (Wildman–Crippen MR) is 59.0 cm³/mol. The topological polar surface area (TPSA) is 90.7 Å². The monoisotopic (exact) mass is 234 g/mol. The Labute approximate surface area is 96.5 Å². The number of benzene rings is 1. The van der Waals surface area contributed by atoms with Crippen LogP contribution < -0.4 is 15.2 Å². The summed E-state index contributed by atoms with van der Waals surface area (Å²) in [6.45, 7) is 0.879. The third-order valence-electron chi connectivity index (χ3n) is 2.48. The van der Waals surface area contributed by atoms with Crippen LogP contribution in [0.3, 0.4) is 0 Å². The summed E-state index contributed by atoms with van der Waals surface area (Å²) in [4.78, 5) is 0. The van der Waals surface area contributed by atoms with Gasteiger partial charge in [-0.3, -0.25) is 0 Å². The number of nitrogen functional groups attached to an aromatic ring is 1. The molecule has 0 saturated heterocycles. The number of nitrogens with zero attached hydrogens (tertiary/aromatic N) is 1. The maximum atomic E-state index is 10.1. The minimum absolute atomic E-state index is 0.0293. The van der Waals surface area contributed by atoms with Gasteiger partial charge >= 0.3 is 0 Å². The highest BCUT2D eigenvalue weighted by atomic mass is 16.6. The third-order valence-corrected chi connectivity index (χ3v) is 2.48. The maximum absolute atomic E-state index is 10.1. The van der Waals surface area contributed by atoms with Gasteiger partial charge in [-0.1, -0.05) is 5.16 Å². The summed E-state index contributed by atoms with van der Waals surface area (Å²) in [7, 11) is 0. The molecular weight excluding hydrogens is 224 g/mol. The van der Waals surface area contributed by atoms with E-state index in [-0.39, 0.29) is 11.6 Å². The second-order valence-corrected chi connectivity index (χ2v) is 3.60. The number of ether oxygens (including phenoxy) is 2. The predicted octanol–water partition coefficient (Wildman–Crippen LogP) is 1.40. The second kappa shape index (κ2) is 3.58. The number of phenols is 1. The Morgan fingerprint density at radius 1 is 1.24 bits per heavy atom. The summed E-state index contributed by atoms with van der Waals surface area (Å²) in [5.74, 6) is 1.46. The number of fused-ring (bicyclic) bond motifs is 1. The van der Waals surface area contributed by atoms with Gasteiger partial charge in [0.1, 0.15) is 13.2 Å². The van der Waals surface area contributed by atoms with Gasteiger partial charge in [0.05, 0.1) is 5.56 Å². The van der Waals surface area contributed by atoms with Crippen molar-refractivity contribution in [3.8, 4) is 28.6 Å². The fourth-order valence-electron chi connectivity index (χ4n) is 1.72. The van der Waals surface area contributed by atoms with Crippen LogP contribution in [0.5, 0.6) is 17.2 Å². The first-order valence-electron chi connectivity index (χ1n) is 5.10. The molecule has 0 saturated carbocycles. The second-order valence-electron chi connectivity index (χ2n) is 3.60. The number of aromatic hydroxyl groups is 1. The Morgan fingerprint density at radius 3 is 2.82 bits per heavy atom. The van der Waals surface area contributed by atoms with Crippen molar-refractivity contribution in [2.45, 2.75) is 0 Å². The van der Waals surface area contributed by atoms with E-state index in [0.29, 0.717) is 36.0 Å². The van der Waals surface area contributed by atoms with Crippen LogP contribution in [0.25, 0.3) is 11.3 Å². The number of aromatic nitrogens is 1. The average molecular weight is 234 g/mol. The zero-order valence-electron chi connectivity index (χ0n) is 8.84. The third kappa shape index (κ3) is 1.54. The van der Waals surface area contributed by atoms with Gasteiger partial charge in [-0.15, -0.1) is 0 Å². The van der Waals surface area contributed by atoms with E-state index in [4.69, 9.17) is 19.7 Å². The van der Waals surface area contributed by atoms with Gasteiger partial charge in [-0.25, -0.2) is 0 Å². The molecule has 1 aromatic carbocycles. The van der Waals surface area contributed by atoms with Crippen LogP contribution in [0, 0.1) is 0 Å². The molecule has 2 heterocycles. The van der Waals surface area contributed by atoms with Gasteiger partial charge < -0.3 is 24.8 Å². The fraction of sp³-hybridized carbons (Fsp3) is 0.182. The molecule has 6 heteroatoms. The molecule has 0 bridgehead atoms. The Bertz CT molecular complexity index is 565. The van der Waals surface area contributed by atoms with Gasteiger partial charge in [0.15, 0.2) is 23.1 Å². The lowest BCUT2D eigenvalue weighted by Gasteiger charge is -2.19. The largest absolute Gasteiger partial charge is 0.504 e. The molecule has 1 aromatic heterocycles. The van der Waals surface area contributed by atoms with Gasteiger partial charge in [0, 0.05) is 6.07 Å². The van der Waals surface area contributed by atoms with Gasteiger partial charge in [-0.2, -0.15) is 0 Å². The molecule has 6 nitrogen and oxygen atoms in total. The lowest BCUT2D eigenvalue weighted by Crippen LogP contribution is -2.15. The first-order chi connectivity index (χ1) is 8.25. The summed E-state index contributed by atoms with van der Waals surface area (Å²) in [5, 5.41) is 13.6. The molecule has 0 atom stereocenters. The molecule has 3 N–H and O–H groups in total. The number of phenolic OH excluding ortho intramolecular Hbond substituents is 1. The molecule has 1 aliphatic heterocycles. The van der Waals surface area contributed by atoms with Crippen LogP contribution in [-0.2, 0) is 0 Å². The zero-order chi connectivity index (χ0) is 11.8. The summed E-state index contributed by atoms with van der Waals surface area (Å²) in [5.41, 5.74) is 5.93. The number of rotatable bonds is 1. The lowest BCUT2D eigenvalue weighted by atomic mass is 10.1. The first-order valence-corrected chi connectivity index (χ1v) is 5.10. The van der Waals surface area contributed by atoms with Crippen molar-refractivity contribution in [2.75, 3.05) is 18.9 Å². The van der Waals surface area contributed by atoms with E-state index in [2.05, 4.69) is 5.16 Å². The van der Waals surface area contributed by atoms with Crippen molar-refractivity contribution in [2.24, 2.45) is 0 Å². The van der Waals surface area contributed by atoms with E-state index in [1.165, 1.54) is 6.07 Å². The van der Waals surface area contributed by atoms with Crippen LogP contribution in [0.1, 0.15) is 0 Å². The summed E-state index contributed by atoms with van der Waals surface area (Å²) in [6.07, 6.45) is 0. The van der Waals surface area contributed by atoms with Crippen LogP contribution >= 0.6 is 0 Å². The first kappa shape index (κ1) is 9.83. The molecule has 88 valence electrons. The number of anilines is 1. The molecule has 0 spiro atoms. The Kier molecular flexibility index (Phi) is 2.07. The zero-order valence-corrected chi connectivity index (χ0v) is 8.84. The number of nitrogens with two attached hydrogens (primary N) is 1. The van der Waals surface area contributed by atoms with Crippen LogP contribution in [0.2, 0.25) is 0 Å². The van der Waals surface area contributed by atoms with Crippen LogP contribution in [-0.4, -0.2) is 23.5 Å². The fourth-order valence-corrected chi connectivity index (χ4v) is 1.72. The molecule has 17 heavy (non-hydrogen) atoms. The van der Waals surface area contributed by atoms with Crippen molar-refractivity contribution in [1.82, 2.24) is 5.16 Å². The molecule has 0 aliphatic carbocycles. The van der Waals surface area contributed by atoms with Crippen molar-refractivity contribution in [3.05, 3.63) is 18.2 Å². The van der Waals surface area contributed by atoms with E-state index in [1.54, 1.807) is 12.1 Å². The highest BCUT2D eigenvalue weighted by molar-refractivity contribution is 5.73. The van der Waals surface area contributed by atoms with Crippen molar-refractivity contribution < 1.29 is 19.1 Å². The van der Waals surface area contributed by atoms with E-state index < -0.39 is 0 Å². The molecule has 0 fully saturated rings.